The fourth-order valence-electron chi connectivity index (χ4n) is 1.60. The molecule has 21 heavy (non-hydrogen) atoms. The summed E-state index contributed by atoms with van der Waals surface area (Å²) in [5, 5.41) is 11.4. The molecule has 0 radical (unpaired) electrons. The van der Waals surface area contributed by atoms with Gasteiger partial charge in [0.05, 0.1) is 11.6 Å². The molecule has 2 aromatic heterocycles. The van der Waals surface area contributed by atoms with Crippen LogP contribution in [0.3, 0.4) is 0 Å². The average molecular weight is 301 g/mol. The highest BCUT2D eigenvalue weighted by atomic mass is 35.5. The van der Waals surface area contributed by atoms with Gasteiger partial charge in [0.15, 0.2) is 11.7 Å². The summed E-state index contributed by atoms with van der Waals surface area (Å²) in [6, 6.07) is 9.49. The van der Waals surface area contributed by atoms with E-state index in [1.54, 1.807) is 24.3 Å². The van der Waals surface area contributed by atoms with E-state index in [4.69, 9.17) is 16.9 Å². The molecule has 6 nitrogen and oxygen atoms in total. The Balaban J connectivity index is 2.20. The predicted molar refractivity (Wildman–Crippen MR) is 75.5 cm³/mol. The molecule has 0 aromatic carbocycles. The van der Waals surface area contributed by atoms with Crippen LogP contribution >= 0.6 is 11.6 Å². The van der Waals surface area contributed by atoms with Crippen LogP contribution in [0.25, 0.3) is 0 Å². The van der Waals surface area contributed by atoms with Gasteiger partial charge in [-0.05, 0) is 24.3 Å². The number of aromatic nitrogens is 2. The molecule has 7 heteroatoms. The topological polar surface area (TPSA) is 95.7 Å². The number of nitriles is 1. The fourth-order valence-corrected chi connectivity index (χ4v) is 1.81. The van der Waals surface area contributed by atoms with Crippen molar-refractivity contribution in [1.29, 1.82) is 5.26 Å². The average Bonchev–Trinajstić information content (AvgIpc) is 2.49. The Hall–Kier alpha value is -2.78. The third-order valence-corrected chi connectivity index (χ3v) is 2.90. The Labute approximate surface area is 125 Å². The molecule has 0 aliphatic rings. The zero-order chi connectivity index (χ0) is 15.2. The summed E-state index contributed by atoms with van der Waals surface area (Å²) in [5.41, 5.74) is 0.0295. The van der Waals surface area contributed by atoms with Gasteiger partial charge >= 0.3 is 0 Å². The van der Waals surface area contributed by atoms with Crippen molar-refractivity contribution in [2.75, 3.05) is 5.32 Å². The van der Waals surface area contributed by atoms with Crippen molar-refractivity contribution in [3.05, 3.63) is 53.4 Å². The Morgan fingerprint density at radius 1 is 1.19 bits per heavy atom. The second kappa shape index (κ2) is 6.59. The van der Waals surface area contributed by atoms with E-state index in [0.717, 1.165) is 0 Å². The highest BCUT2D eigenvalue weighted by molar-refractivity contribution is 6.33. The first-order chi connectivity index (χ1) is 10.1. The molecule has 104 valence electrons. The van der Waals surface area contributed by atoms with Crippen molar-refractivity contribution >= 4 is 29.1 Å². The van der Waals surface area contributed by atoms with Crippen molar-refractivity contribution in [2.24, 2.45) is 5.92 Å². The van der Waals surface area contributed by atoms with E-state index in [9.17, 15) is 9.59 Å². The third-order valence-electron chi connectivity index (χ3n) is 2.59. The summed E-state index contributed by atoms with van der Waals surface area (Å²) in [4.78, 5) is 31.9. The van der Waals surface area contributed by atoms with E-state index in [2.05, 4.69) is 15.3 Å². The minimum Gasteiger partial charge on any atom is -0.309 e. The largest absolute Gasteiger partial charge is 0.309 e. The lowest BCUT2D eigenvalue weighted by Gasteiger charge is -2.09. The number of Topliss-reactive ketones (excluding diaryl/α,β-unsaturated/α-hetero) is 1. The Kier molecular flexibility index (Phi) is 4.59. The zero-order valence-corrected chi connectivity index (χ0v) is 11.4. The Morgan fingerprint density at radius 3 is 2.57 bits per heavy atom. The number of pyridine rings is 2. The highest BCUT2D eigenvalue weighted by Gasteiger charge is 2.29. The number of hydrogen-bond acceptors (Lipinski definition) is 5. The Morgan fingerprint density at radius 2 is 1.95 bits per heavy atom. The van der Waals surface area contributed by atoms with Gasteiger partial charge in [0.1, 0.15) is 11.0 Å². The summed E-state index contributed by atoms with van der Waals surface area (Å²) in [6.07, 6.45) is 2.89. The summed E-state index contributed by atoms with van der Waals surface area (Å²) in [5.74, 6) is -2.73. The van der Waals surface area contributed by atoms with E-state index < -0.39 is 17.6 Å². The quantitative estimate of drug-likeness (QED) is 0.530. The molecular weight excluding hydrogens is 292 g/mol. The molecule has 2 aromatic rings. The van der Waals surface area contributed by atoms with Crippen molar-refractivity contribution < 1.29 is 9.59 Å². The number of carbonyl (C=O) groups excluding carboxylic acids is 2. The zero-order valence-electron chi connectivity index (χ0n) is 10.7. The number of rotatable bonds is 4. The van der Waals surface area contributed by atoms with Gasteiger partial charge in [-0.1, -0.05) is 17.7 Å². The van der Waals surface area contributed by atoms with Crippen LogP contribution in [0.1, 0.15) is 10.4 Å². The first kappa shape index (κ1) is 14.6. The van der Waals surface area contributed by atoms with E-state index in [-0.39, 0.29) is 16.5 Å². The van der Waals surface area contributed by atoms with Crippen LogP contribution in [0, 0.1) is 17.2 Å². The van der Waals surface area contributed by atoms with Crippen LogP contribution in [0.4, 0.5) is 5.82 Å². The van der Waals surface area contributed by atoms with Crippen LogP contribution in [-0.4, -0.2) is 21.7 Å². The molecule has 0 saturated heterocycles. The van der Waals surface area contributed by atoms with Gasteiger partial charge in [-0.3, -0.25) is 9.59 Å². The van der Waals surface area contributed by atoms with Gasteiger partial charge in [0.2, 0.25) is 0 Å². The predicted octanol–water partition coefficient (Wildman–Crippen LogP) is 2.09. The number of nitrogens with zero attached hydrogens (tertiary/aromatic N) is 3. The number of carbonyl (C=O) groups is 2. The molecule has 1 unspecified atom stereocenters. The van der Waals surface area contributed by atoms with Gasteiger partial charge in [0, 0.05) is 12.4 Å². The molecule has 0 aliphatic carbocycles. The van der Waals surface area contributed by atoms with Gasteiger partial charge in [0.25, 0.3) is 5.91 Å². The minimum atomic E-state index is -1.52. The van der Waals surface area contributed by atoms with Crippen LogP contribution < -0.4 is 5.32 Å². The number of hydrogen-bond donors (Lipinski definition) is 1. The van der Waals surface area contributed by atoms with Crippen LogP contribution in [0.15, 0.2) is 42.7 Å². The maximum absolute atomic E-state index is 12.2. The molecule has 0 bridgehead atoms. The molecule has 2 heterocycles. The van der Waals surface area contributed by atoms with Crippen molar-refractivity contribution in [1.82, 2.24) is 9.97 Å². The first-order valence-electron chi connectivity index (χ1n) is 5.89. The SMILES string of the molecule is N#CC(C(=O)Nc1ccccn1)C(=O)c1cccnc1Cl. The number of nitrogens with one attached hydrogen (secondary N) is 1. The van der Waals surface area contributed by atoms with E-state index >= 15 is 0 Å². The second-order valence-electron chi connectivity index (χ2n) is 3.97. The standard InChI is InChI=1S/C14H9ClN4O2/c15-13-9(4-3-7-18-13)12(20)10(8-16)14(21)19-11-5-1-2-6-17-11/h1-7,10H,(H,17,19,21). The summed E-state index contributed by atoms with van der Waals surface area (Å²) < 4.78 is 0. The maximum atomic E-state index is 12.2. The lowest BCUT2D eigenvalue weighted by molar-refractivity contribution is -0.117. The molecule has 1 atom stereocenters. The molecule has 1 N–H and O–H groups in total. The summed E-state index contributed by atoms with van der Waals surface area (Å²) >= 11 is 5.80. The van der Waals surface area contributed by atoms with Crippen molar-refractivity contribution in [3.63, 3.8) is 0 Å². The summed E-state index contributed by atoms with van der Waals surface area (Å²) in [6.45, 7) is 0. The molecule has 0 spiro atoms. The Bertz CT molecular complexity index is 712. The number of halogens is 1. The minimum absolute atomic E-state index is 0.0295. The summed E-state index contributed by atoms with van der Waals surface area (Å²) in [7, 11) is 0. The van der Waals surface area contributed by atoms with Crippen molar-refractivity contribution in [3.8, 4) is 6.07 Å². The number of ketones is 1. The number of anilines is 1. The lowest BCUT2D eigenvalue weighted by atomic mass is 9.99. The normalized spacial score (nSPS) is 11.2. The van der Waals surface area contributed by atoms with E-state index in [0.29, 0.717) is 0 Å². The van der Waals surface area contributed by atoms with Crippen LogP contribution in [-0.2, 0) is 4.79 Å². The van der Waals surface area contributed by atoms with Gasteiger partial charge < -0.3 is 5.32 Å². The van der Waals surface area contributed by atoms with Gasteiger partial charge in [-0.15, -0.1) is 0 Å². The number of amides is 1. The smallest absolute Gasteiger partial charge is 0.250 e. The highest BCUT2D eigenvalue weighted by Crippen LogP contribution is 2.17. The molecular formula is C14H9ClN4O2. The van der Waals surface area contributed by atoms with Gasteiger partial charge in [-0.25, -0.2) is 9.97 Å². The van der Waals surface area contributed by atoms with Crippen LogP contribution in [0.2, 0.25) is 5.15 Å². The molecule has 0 fully saturated rings. The fraction of sp³-hybridized carbons (Fsp3) is 0.0714. The lowest BCUT2D eigenvalue weighted by Crippen LogP contribution is -2.29. The molecule has 0 aliphatic heterocycles. The monoisotopic (exact) mass is 300 g/mol. The third kappa shape index (κ3) is 3.41. The molecule has 2 rings (SSSR count). The molecule has 0 saturated carbocycles. The van der Waals surface area contributed by atoms with Crippen LogP contribution in [0.5, 0.6) is 0 Å². The second-order valence-corrected chi connectivity index (χ2v) is 4.33. The van der Waals surface area contributed by atoms with E-state index in [1.807, 2.05) is 0 Å². The van der Waals surface area contributed by atoms with E-state index in [1.165, 1.54) is 24.5 Å². The van der Waals surface area contributed by atoms with Gasteiger partial charge in [-0.2, -0.15) is 5.26 Å². The molecule has 1 amide bonds. The van der Waals surface area contributed by atoms with Crippen molar-refractivity contribution in [2.45, 2.75) is 0 Å². The first-order valence-corrected chi connectivity index (χ1v) is 6.27. The maximum Gasteiger partial charge on any atom is 0.250 e.